The van der Waals surface area contributed by atoms with Gasteiger partial charge in [0.05, 0.1) is 6.20 Å². The van der Waals surface area contributed by atoms with Gasteiger partial charge in [-0.05, 0) is 64.2 Å². The van der Waals surface area contributed by atoms with Gasteiger partial charge in [-0.15, -0.1) is 11.3 Å². The largest absolute Gasteiger partial charge is 0.454 e. The van der Waals surface area contributed by atoms with E-state index in [0.717, 1.165) is 33.1 Å². The molecular formula is C35H21NOS. The third-order valence-corrected chi connectivity index (χ3v) is 8.48. The van der Waals surface area contributed by atoms with Crippen LogP contribution in [0, 0.1) is 0 Å². The second kappa shape index (κ2) is 8.41. The summed E-state index contributed by atoms with van der Waals surface area (Å²) < 4.78 is 8.79. The SMILES string of the molecule is c1ccc(-c2cc(-c3ccc4c(c3)sc3ccccc34)cc(-c3cncc4oc5ccccc5c34)c2)cc1. The molecule has 0 saturated carbocycles. The van der Waals surface area contributed by atoms with E-state index in [0.29, 0.717) is 0 Å². The molecule has 8 aromatic rings. The van der Waals surface area contributed by atoms with E-state index < -0.39 is 0 Å². The molecule has 178 valence electrons. The summed E-state index contributed by atoms with van der Waals surface area (Å²) in [4.78, 5) is 4.56. The lowest BCUT2D eigenvalue weighted by atomic mass is 9.92. The van der Waals surface area contributed by atoms with Gasteiger partial charge in [0.15, 0.2) is 5.58 Å². The standard InChI is InChI=1S/C35H21NOS/c1-2-8-22(9-3-1)24-16-25(23-14-15-28-27-10-5-7-13-33(27)38-34(28)19-23)18-26(17-24)30-20-36-21-32-35(30)29-11-4-6-12-31(29)37-32/h1-21H. The number of fused-ring (bicyclic) bond motifs is 6. The first-order valence-electron chi connectivity index (χ1n) is 12.7. The molecule has 2 nitrogen and oxygen atoms in total. The maximum Gasteiger partial charge on any atom is 0.154 e. The van der Waals surface area contributed by atoms with Gasteiger partial charge in [0, 0.05) is 42.7 Å². The monoisotopic (exact) mass is 503 g/mol. The molecule has 0 amide bonds. The molecule has 0 saturated heterocycles. The van der Waals surface area contributed by atoms with Crippen LogP contribution in [0.5, 0.6) is 0 Å². The van der Waals surface area contributed by atoms with Crippen molar-refractivity contribution in [2.24, 2.45) is 0 Å². The van der Waals surface area contributed by atoms with Crippen molar-refractivity contribution in [1.29, 1.82) is 0 Å². The molecule has 38 heavy (non-hydrogen) atoms. The predicted molar refractivity (Wildman–Crippen MR) is 161 cm³/mol. The van der Waals surface area contributed by atoms with Gasteiger partial charge in [0.25, 0.3) is 0 Å². The van der Waals surface area contributed by atoms with Crippen molar-refractivity contribution in [3.05, 3.63) is 128 Å². The van der Waals surface area contributed by atoms with Crippen LogP contribution in [-0.2, 0) is 0 Å². The molecule has 0 atom stereocenters. The van der Waals surface area contributed by atoms with Crippen LogP contribution in [0.4, 0.5) is 0 Å². The average Bonchev–Trinajstić information content (AvgIpc) is 3.55. The fraction of sp³-hybridized carbons (Fsp3) is 0. The molecule has 3 aromatic heterocycles. The lowest BCUT2D eigenvalue weighted by molar-refractivity contribution is 0.667. The first kappa shape index (κ1) is 21.4. The molecule has 0 N–H and O–H groups in total. The highest BCUT2D eigenvalue weighted by Crippen LogP contribution is 2.41. The number of benzene rings is 5. The zero-order valence-corrected chi connectivity index (χ0v) is 21.2. The highest BCUT2D eigenvalue weighted by atomic mass is 32.1. The number of thiophene rings is 1. The van der Waals surface area contributed by atoms with E-state index in [1.165, 1.54) is 42.4 Å². The maximum atomic E-state index is 6.16. The molecule has 0 radical (unpaired) electrons. The first-order valence-corrected chi connectivity index (χ1v) is 13.5. The zero-order chi connectivity index (χ0) is 25.1. The Labute approximate surface area is 223 Å². The van der Waals surface area contributed by atoms with Gasteiger partial charge in [-0.25, -0.2) is 0 Å². The molecule has 0 aliphatic rings. The molecule has 0 fully saturated rings. The van der Waals surface area contributed by atoms with Crippen LogP contribution >= 0.6 is 11.3 Å². The first-order chi connectivity index (χ1) is 18.8. The second-order valence-corrected chi connectivity index (χ2v) is 10.7. The molecule has 5 aromatic carbocycles. The smallest absolute Gasteiger partial charge is 0.154 e. The van der Waals surface area contributed by atoms with Crippen LogP contribution in [-0.4, -0.2) is 4.98 Å². The Kier molecular flexibility index (Phi) is 4.73. The minimum Gasteiger partial charge on any atom is -0.454 e. The van der Waals surface area contributed by atoms with E-state index in [1.807, 2.05) is 35.9 Å². The number of nitrogens with zero attached hydrogens (tertiary/aromatic N) is 1. The number of hydrogen-bond acceptors (Lipinski definition) is 3. The Morgan fingerprint density at radius 1 is 0.474 bits per heavy atom. The summed E-state index contributed by atoms with van der Waals surface area (Å²) in [6, 6.07) is 41.2. The quantitative estimate of drug-likeness (QED) is 0.240. The van der Waals surface area contributed by atoms with E-state index in [1.54, 1.807) is 0 Å². The van der Waals surface area contributed by atoms with Crippen molar-refractivity contribution in [2.75, 3.05) is 0 Å². The van der Waals surface area contributed by atoms with Gasteiger partial charge in [-0.2, -0.15) is 0 Å². The second-order valence-electron chi connectivity index (χ2n) is 9.63. The molecule has 0 bridgehead atoms. The molecule has 0 aliphatic heterocycles. The third-order valence-electron chi connectivity index (χ3n) is 7.35. The topological polar surface area (TPSA) is 26.0 Å². The van der Waals surface area contributed by atoms with Crippen molar-refractivity contribution in [2.45, 2.75) is 0 Å². The number of para-hydroxylation sites is 1. The van der Waals surface area contributed by atoms with Crippen molar-refractivity contribution >= 4 is 53.4 Å². The van der Waals surface area contributed by atoms with Crippen LogP contribution in [0.2, 0.25) is 0 Å². The van der Waals surface area contributed by atoms with Crippen molar-refractivity contribution in [3.63, 3.8) is 0 Å². The van der Waals surface area contributed by atoms with Gasteiger partial charge >= 0.3 is 0 Å². The van der Waals surface area contributed by atoms with Gasteiger partial charge in [0.1, 0.15) is 5.58 Å². The van der Waals surface area contributed by atoms with E-state index in [2.05, 4.69) is 108 Å². The van der Waals surface area contributed by atoms with Crippen LogP contribution in [0.25, 0.3) is 75.5 Å². The zero-order valence-electron chi connectivity index (χ0n) is 20.4. The summed E-state index contributed by atoms with van der Waals surface area (Å²) in [6.07, 6.45) is 3.78. The molecule has 0 spiro atoms. The maximum absolute atomic E-state index is 6.16. The molecular weight excluding hydrogens is 482 g/mol. The summed E-state index contributed by atoms with van der Waals surface area (Å²) in [5.41, 5.74) is 8.66. The third kappa shape index (κ3) is 3.37. The van der Waals surface area contributed by atoms with Crippen LogP contribution in [0.3, 0.4) is 0 Å². The Morgan fingerprint density at radius 3 is 2.08 bits per heavy atom. The summed E-state index contributed by atoms with van der Waals surface area (Å²) in [5.74, 6) is 0. The van der Waals surface area contributed by atoms with E-state index >= 15 is 0 Å². The van der Waals surface area contributed by atoms with Crippen molar-refractivity contribution in [3.8, 4) is 33.4 Å². The normalized spacial score (nSPS) is 11.7. The molecule has 0 unspecified atom stereocenters. The van der Waals surface area contributed by atoms with E-state index in [-0.39, 0.29) is 0 Å². The number of pyridine rings is 1. The highest BCUT2D eigenvalue weighted by molar-refractivity contribution is 7.25. The minimum atomic E-state index is 0.807. The van der Waals surface area contributed by atoms with Crippen molar-refractivity contribution < 1.29 is 4.42 Å². The van der Waals surface area contributed by atoms with Crippen LogP contribution < -0.4 is 0 Å². The Bertz CT molecular complexity index is 2140. The Hall–Kier alpha value is -4.73. The Balaban J connectivity index is 1.39. The lowest BCUT2D eigenvalue weighted by Gasteiger charge is -2.12. The van der Waals surface area contributed by atoms with Gasteiger partial charge in [-0.1, -0.05) is 78.9 Å². The molecule has 3 heteroatoms. The van der Waals surface area contributed by atoms with Crippen LogP contribution in [0.15, 0.2) is 132 Å². The lowest BCUT2D eigenvalue weighted by Crippen LogP contribution is -1.88. The number of aromatic nitrogens is 1. The average molecular weight is 504 g/mol. The summed E-state index contributed by atoms with van der Waals surface area (Å²) in [7, 11) is 0. The minimum absolute atomic E-state index is 0.807. The van der Waals surface area contributed by atoms with Gasteiger partial charge in [-0.3, -0.25) is 4.98 Å². The van der Waals surface area contributed by atoms with Gasteiger partial charge < -0.3 is 4.42 Å². The van der Waals surface area contributed by atoms with Crippen molar-refractivity contribution in [1.82, 2.24) is 4.98 Å². The fourth-order valence-electron chi connectivity index (χ4n) is 5.55. The number of rotatable bonds is 3. The fourth-order valence-corrected chi connectivity index (χ4v) is 6.69. The molecule has 8 rings (SSSR count). The van der Waals surface area contributed by atoms with Gasteiger partial charge in [0.2, 0.25) is 0 Å². The summed E-state index contributed by atoms with van der Waals surface area (Å²) >= 11 is 1.85. The van der Waals surface area contributed by atoms with Crippen LogP contribution in [0.1, 0.15) is 0 Å². The molecule has 3 heterocycles. The Morgan fingerprint density at radius 2 is 1.18 bits per heavy atom. The summed E-state index contributed by atoms with van der Waals surface area (Å²) in [6.45, 7) is 0. The summed E-state index contributed by atoms with van der Waals surface area (Å²) in [5, 5.41) is 4.85. The van der Waals surface area contributed by atoms with E-state index in [4.69, 9.17) is 4.42 Å². The number of furan rings is 1. The highest BCUT2D eigenvalue weighted by Gasteiger charge is 2.15. The van der Waals surface area contributed by atoms with E-state index in [9.17, 15) is 0 Å². The number of hydrogen-bond donors (Lipinski definition) is 0. The molecule has 0 aliphatic carbocycles. The predicted octanol–water partition coefficient (Wildman–Crippen LogP) is 10.3.